The molecule has 0 N–H and O–H groups in total. The van der Waals surface area contributed by atoms with Gasteiger partial charge in [-0.05, 0) is 60.9 Å². The lowest BCUT2D eigenvalue weighted by Gasteiger charge is -2.38. The van der Waals surface area contributed by atoms with Crippen LogP contribution in [0.3, 0.4) is 0 Å². The summed E-state index contributed by atoms with van der Waals surface area (Å²) in [5, 5.41) is 0. The Morgan fingerprint density at radius 1 is 0.476 bits per heavy atom. The molecule has 5 aromatic rings. The largest absolute Gasteiger partial charge is 0.336 e. The fourth-order valence-corrected chi connectivity index (χ4v) is 6.01. The Labute approximate surface area is 253 Å². The number of hydrogen-bond acceptors (Lipinski definition) is 2. The van der Waals surface area contributed by atoms with E-state index in [4.69, 9.17) is 0 Å². The Kier molecular flexibility index (Phi) is 10.5. The Balaban J connectivity index is 1.68. The van der Waals surface area contributed by atoms with Gasteiger partial charge in [0.2, 0.25) is 0 Å². The first kappa shape index (κ1) is 29.2. The molecule has 0 radical (unpaired) electrons. The van der Waals surface area contributed by atoms with Crippen LogP contribution in [-0.2, 0) is 0 Å². The third-order valence-corrected chi connectivity index (χ3v) is 8.14. The zero-order valence-corrected chi connectivity index (χ0v) is 25.2. The maximum atomic E-state index is 2.65. The first-order chi connectivity index (χ1) is 20.8. The van der Waals surface area contributed by atoms with Gasteiger partial charge in [0, 0.05) is 28.7 Å². The molecule has 0 spiro atoms. The smallest absolute Gasteiger partial charge is 0.0698 e. The van der Waals surface area contributed by atoms with Gasteiger partial charge in [0.05, 0.1) is 11.4 Å². The summed E-state index contributed by atoms with van der Waals surface area (Å²) in [5.41, 5.74) is 8.49. The third kappa shape index (κ3) is 6.94. The van der Waals surface area contributed by atoms with Gasteiger partial charge in [-0.2, -0.15) is 0 Å². The van der Waals surface area contributed by atoms with Crippen molar-refractivity contribution in [3.63, 3.8) is 0 Å². The van der Waals surface area contributed by atoms with Crippen LogP contribution in [0.25, 0.3) is 11.1 Å². The molecule has 2 nitrogen and oxygen atoms in total. The summed E-state index contributed by atoms with van der Waals surface area (Å²) in [4.78, 5) is 5.05. The Morgan fingerprint density at radius 2 is 0.976 bits per heavy atom. The monoisotopic (exact) mass is 552 g/mol. The molecule has 1 atom stereocenters. The topological polar surface area (TPSA) is 6.48 Å². The molecule has 0 aliphatic carbocycles. The van der Waals surface area contributed by atoms with E-state index in [2.05, 4.69) is 163 Å². The molecule has 0 saturated carbocycles. The minimum atomic E-state index is 0.367. The van der Waals surface area contributed by atoms with Gasteiger partial charge >= 0.3 is 0 Å². The summed E-state index contributed by atoms with van der Waals surface area (Å²) in [6, 6.07) is 50.6. The average Bonchev–Trinajstić information content (AvgIpc) is 3.06. The van der Waals surface area contributed by atoms with Gasteiger partial charge < -0.3 is 9.80 Å². The molecule has 0 heterocycles. The van der Waals surface area contributed by atoms with Crippen LogP contribution in [0.1, 0.15) is 58.8 Å². The van der Waals surface area contributed by atoms with Crippen LogP contribution in [0, 0.1) is 0 Å². The van der Waals surface area contributed by atoms with Crippen molar-refractivity contribution in [3.05, 3.63) is 140 Å². The van der Waals surface area contributed by atoms with E-state index in [1.807, 2.05) is 0 Å². The number of anilines is 5. The van der Waals surface area contributed by atoms with E-state index in [-0.39, 0.29) is 0 Å². The van der Waals surface area contributed by atoms with Crippen molar-refractivity contribution < 1.29 is 0 Å². The maximum Gasteiger partial charge on any atom is 0.0698 e. The minimum absolute atomic E-state index is 0.367. The van der Waals surface area contributed by atoms with E-state index in [1.165, 1.54) is 60.3 Å². The molecule has 0 aliphatic heterocycles. The van der Waals surface area contributed by atoms with Crippen LogP contribution in [0.5, 0.6) is 0 Å². The summed E-state index contributed by atoms with van der Waals surface area (Å²) in [6.45, 7) is 4.64. The second kappa shape index (κ2) is 15.1. The number of rotatable bonds is 14. The predicted molar refractivity (Wildman–Crippen MR) is 183 cm³/mol. The lowest BCUT2D eigenvalue weighted by atomic mass is 9.97. The molecule has 0 saturated heterocycles. The van der Waals surface area contributed by atoms with Crippen LogP contribution in [0.2, 0.25) is 0 Å². The van der Waals surface area contributed by atoms with Crippen LogP contribution < -0.4 is 9.80 Å². The van der Waals surface area contributed by atoms with Crippen molar-refractivity contribution in [2.45, 2.75) is 64.8 Å². The summed E-state index contributed by atoms with van der Waals surface area (Å²) in [5.74, 6) is 0. The third-order valence-electron chi connectivity index (χ3n) is 8.14. The molecule has 0 aromatic heterocycles. The standard InChI is InChI=1S/C40H44N2/c1-3-5-6-7-13-24-34(4-2)42(38-30-19-18-29-37(38)33-22-11-8-12-23-33)40-32-21-20-31-39(40)41(35-25-14-9-15-26-35)36-27-16-10-17-28-36/h8-12,14-23,25-32,34H,3-7,13,24H2,1-2H3. The van der Waals surface area contributed by atoms with E-state index in [0.29, 0.717) is 6.04 Å². The molecule has 2 heteroatoms. The summed E-state index contributed by atoms with van der Waals surface area (Å²) < 4.78 is 0. The quantitative estimate of drug-likeness (QED) is 0.126. The molecule has 214 valence electrons. The molecule has 5 rings (SSSR count). The fourth-order valence-electron chi connectivity index (χ4n) is 6.01. The minimum Gasteiger partial charge on any atom is -0.336 e. The number of benzene rings is 5. The van der Waals surface area contributed by atoms with Crippen molar-refractivity contribution in [2.75, 3.05) is 9.80 Å². The zero-order valence-electron chi connectivity index (χ0n) is 25.2. The van der Waals surface area contributed by atoms with Crippen molar-refractivity contribution in [1.29, 1.82) is 0 Å². The number of nitrogens with zero attached hydrogens (tertiary/aromatic N) is 2. The van der Waals surface area contributed by atoms with Gasteiger partial charge in [-0.3, -0.25) is 0 Å². The highest BCUT2D eigenvalue weighted by Gasteiger charge is 2.26. The van der Waals surface area contributed by atoms with Gasteiger partial charge in [-0.1, -0.05) is 143 Å². The molecule has 0 fully saturated rings. The van der Waals surface area contributed by atoms with Crippen molar-refractivity contribution in [2.24, 2.45) is 0 Å². The maximum absolute atomic E-state index is 2.65. The summed E-state index contributed by atoms with van der Waals surface area (Å²) in [7, 11) is 0. The summed E-state index contributed by atoms with van der Waals surface area (Å²) >= 11 is 0. The molecule has 42 heavy (non-hydrogen) atoms. The average molecular weight is 553 g/mol. The molecule has 1 unspecified atom stereocenters. The Morgan fingerprint density at radius 3 is 1.57 bits per heavy atom. The second-order valence-corrected chi connectivity index (χ2v) is 11.0. The highest BCUT2D eigenvalue weighted by Crippen LogP contribution is 2.46. The van der Waals surface area contributed by atoms with Crippen molar-refractivity contribution in [1.82, 2.24) is 0 Å². The van der Waals surface area contributed by atoms with Gasteiger partial charge in [0.1, 0.15) is 0 Å². The van der Waals surface area contributed by atoms with E-state index >= 15 is 0 Å². The van der Waals surface area contributed by atoms with Crippen LogP contribution in [0.4, 0.5) is 28.4 Å². The van der Waals surface area contributed by atoms with Crippen molar-refractivity contribution >= 4 is 28.4 Å². The molecule has 0 aliphatic rings. The molecule has 0 bridgehead atoms. The molecular formula is C40H44N2. The van der Waals surface area contributed by atoms with Crippen molar-refractivity contribution in [3.8, 4) is 11.1 Å². The first-order valence-electron chi connectivity index (χ1n) is 15.7. The zero-order chi connectivity index (χ0) is 29.0. The van der Waals surface area contributed by atoms with E-state index in [9.17, 15) is 0 Å². The number of unbranched alkanes of at least 4 members (excludes halogenated alkanes) is 4. The molecular weight excluding hydrogens is 508 g/mol. The van der Waals surface area contributed by atoms with Gasteiger partial charge in [0.15, 0.2) is 0 Å². The fraction of sp³-hybridized carbons (Fsp3) is 0.250. The SMILES string of the molecule is CCCCCCCC(CC)N(c1ccccc1-c1ccccc1)c1ccccc1N(c1ccccc1)c1ccccc1. The van der Waals surface area contributed by atoms with Gasteiger partial charge in [-0.25, -0.2) is 0 Å². The predicted octanol–water partition coefficient (Wildman–Crippen LogP) is 12.1. The lowest BCUT2D eigenvalue weighted by molar-refractivity contribution is 0.523. The Bertz CT molecular complexity index is 1440. The van der Waals surface area contributed by atoms with Crippen LogP contribution in [0.15, 0.2) is 140 Å². The van der Waals surface area contributed by atoms with Crippen LogP contribution >= 0.6 is 0 Å². The van der Waals surface area contributed by atoms with E-state index < -0.39 is 0 Å². The lowest BCUT2D eigenvalue weighted by Crippen LogP contribution is -2.32. The molecule has 0 amide bonds. The second-order valence-electron chi connectivity index (χ2n) is 11.0. The Hall–Kier alpha value is -4.30. The molecule has 5 aromatic carbocycles. The van der Waals surface area contributed by atoms with E-state index in [1.54, 1.807) is 0 Å². The first-order valence-corrected chi connectivity index (χ1v) is 15.7. The van der Waals surface area contributed by atoms with Crippen LogP contribution in [-0.4, -0.2) is 6.04 Å². The van der Waals surface area contributed by atoms with E-state index in [0.717, 1.165) is 24.2 Å². The summed E-state index contributed by atoms with van der Waals surface area (Å²) in [6.07, 6.45) is 8.68. The van der Waals surface area contributed by atoms with Gasteiger partial charge in [-0.15, -0.1) is 0 Å². The number of hydrogen-bond donors (Lipinski definition) is 0. The number of para-hydroxylation sites is 5. The highest BCUT2D eigenvalue weighted by molar-refractivity contribution is 5.91. The highest BCUT2D eigenvalue weighted by atomic mass is 15.2. The normalized spacial score (nSPS) is 11.7. The van der Waals surface area contributed by atoms with Gasteiger partial charge in [0.25, 0.3) is 0 Å².